The van der Waals surface area contributed by atoms with Gasteiger partial charge in [-0.2, -0.15) is 0 Å². The Morgan fingerprint density at radius 2 is 0.944 bits per heavy atom. The molecule has 4 aliphatic heterocycles. The number of hydrogen-bond donors (Lipinski definition) is 2. The van der Waals surface area contributed by atoms with Gasteiger partial charge >= 0.3 is 0 Å². The number of nitrogens with zero attached hydrogens (tertiary/aromatic N) is 10. The van der Waals surface area contributed by atoms with Crippen molar-refractivity contribution in [3.8, 4) is 0 Å². The molecule has 6 aromatic rings. The Morgan fingerprint density at radius 3 is 1.31 bits per heavy atom. The Labute approximate surface area is 420 Å². The van der Waals surface area contributed by atoms with Crippen LogP contribution in [0, 0.1) is 11.6 Å². The van der Waals surface area contributed by atoms with Gasteiger partial charge in [0.25, 0.3) is 11.8 Å². The Balaban J connectivity index is 0.000000178. The topological polar surface area (TPSA) is 148 Å². The first kappa shape index (κ1) is 50.3. The summed E-state index contributed by atoms with van der Waals surface area (Å²) in [5.41, 5.74) is 7.07. The first-order chi connectivity index (χ1) is 35.0. The quantitative estimate of drug-likeness (QED) is 0.128. The molecule has 0 aliphatic carbocycles. The van der Waals surface area contributed by atoms with Gasteiger partial charge in [0, 0.05) is 112 Å². The number of anilines is 4. The average molecular weight is 985 g/mol. The largest absolute Gasteiger partial charge is 0.378 e. The molecule has 0 radical (unpaired) electrons. The van der Waals surface area contributed by atoms with E-state index in [2.05, 4.69) is 44.1 Å². The molecule has 4 fully saturated rings. The highest BCUT2D eigenvalue weighted by Crippen LogP contribution is 2.32. The second-order valence-corrected chi connectivity index (χ2v) is 18.7. The molecule has 4 aliphatic rings. The molecular weight excluding hydrogens is 919 g/mol. The number of halogens is 2. The smallest absolute Gasteiger partial charge is 0.254 e. The summed E-state index contributed by atoms with van der Waals surface area (Å²) in [6.07, 6.45) is 3.55. The normalized spacial score (nSPS) is 17.9. The first-order valence-corrected chi connectivity index (χ1v) is 25.4. The van der Waals surface area contributed by atoms with Crippen LogP contribution in [0.4, 0.5) is 31.8 Å². The van der Waals surface area contributed by atoms with E-state index in [4.69, 9.17) is 29.4 Å². The molecule has 0 saturated carbocycles. The summed E-state index contributed by atoms with van der Waals surface area (Å²) in [6, 6.07) is 19.9. The van der Waals surface area contributed by atoms with Crippen molar-refractivity contribution in [1.29, 1.82) is 0 Å². The highest BCUT2D eigenvalue weighted by Gasteiger charge is 2.27. The Bertz CT molecular complexity index is 2640. The molecule has 4 saturated heterocycles. The van der Waals surface area contributed by atoms with E-state index in [9.17, 15) is 18.4 Å². The predicted molar refractivity (Wildman–Crippen MR) is 278 cm³/mol. The lowest BCUT2D eigenvalue weighted by molar-refractivity contribution is 0.0637. The van der Waals surface area contributed by atoms with Gasteiger partial charge in [-0.25, -0.2) is 18.7 Å². The van der Waals surface area contributed by atoms with Crippen molar-refractivity contribution in [2.45, 2.75) is 39.8 Å². The third kappa shape index (κ3) is 12.0. The highest BCUT2D eigenvalue weighted by molar-refractivity contribution is 5.99. The molecule has 0 spiro atoms. The zero-order valence-corrected chi connectivity index (χ0v) is 41.8. The van der Waals surface area contributed by atoms with E-state index in [0.717, 1.165) is 99.2 Å². The number of rotatable bonds is 12. The maximum Gasteiger partial charge on any atom is 0.254 e. The standard InChI is InChI=1S/2C27H33FN6O2/c2*1-3-32-7-9-34(10-8-32)27(35)20-15-23(19(2)30-22-6-4-5-21(28)17-22)26-24(16-20)29-18-25(31-26)33-11-13-36-14-12-33/h2*4-6,15-19,30H,3,7-14H2,1-2H3. The maximum absolute atomic E-state index is 13.8. The molecule has 18 heteroatoms. The zero-order valence-electron chi connectivity index (χ0n) is 41.8. The van der Waals surface area contributed by atoms with Gasteiger partial charge in [0.15, 0.2) is 0 Å². The fourth-order valence-electron chi connectivity index (χ4n) is 9.77. The van der Waals surface area contributed by atoms with Crippen molar-refractivity contribution < 1.29 is 27.8 Å². The summed E-state index contributed by atoms with van der Waals surface area (Å²) in [5, 5.41) is 6.75. The van der Waals surface area contributed by atoms with Crippen LogP contribution < -0.4 is 20.4 Å². The highest BCUT2D eigenvalue weighted by atomic mass is 19.1. The van der Waals surface area contributed by atoms with Gasteiger partial charge in [0.05, 0.1) is 73.0 Å². The minimum atomic E-state index is -0.304. The van der Waals surface area contributed by atoms with Crippen LogP contribution in [0.3, 0.4) is 0 Å². The molecule has 0 bridgehead atoms. The van der Waals surface area contributed by atoms with Crippen LogP contribution in [-0.4, -0.2) is 169 Å². The van der Waals surface area contributed by atoms with Crippen LogP contribution >= 0.6 is 0 Å². The van der Waals surface area contributed by atoms with Crippen LogP contribution in [0.15, 0.2) is 85.2 Å². The molecule has 380 valence electrons. The lowest BCUT2D eigenvalue weighted by Crippen LogP contribution is -2.48. The van der Waals surface area contributed by atoms with Crippen LogP contribution in [0.5, 0.6) is 0 Å². The third-order valence-corrected chi connectivity index (χ3v) is 14.1. The summed E-state index contributed by atoms with van der Waals surface area (Å²) < 4.78 is 38.6. The fraction of sp³-hybridized carbons (Fsp3) is 0.444. The molecule has 16 nitrogen and oxygen atoms in total. The minimum Gasteiger partial charge on any atom is -0.378 e. The predicted octanol–water partition coefficient (Wildman–Crippen LogP) is 7.11. The average Bonchev–Trinajstić information content (AvgIpc) is 3.42. The number of aromatic nitrogens is 4. The molecule has 6 heterocycles. The number of carbonyl (C=O) groups is 2. The van der Waals surface area contributed by atoms with Crippen LogP contribution in [0.1, 0.15) is 71.6 Å². The number of fused-ring (bicyclic) bond motifs is 2. The van der Waals surface area contributed by atoms with E-state index in [1.54, 1.807) is 24.5 Å². The first-order valence-electron chi connectivity index (χ1n) is 25.4. The zero-order chi connectivity index (χ0) is 50.1. The third-order valence-electron chi connectivity index (χ3n) is 14.1. The van der Waals surface area contributed by atoms with E-state index in [-0.39, 0.29) is 35.5 Å². The molecule has 2 aromatic heterocycles. The van der Waals surface area contributed by atoms with Crippen LogP contribution in [0.25, 0.3) is 22.1 Å². The lowest BCUT2D eigenvalue weighted by Gasteiger charge is -2.34. The number of morpholine rings is 2. The SMILES string of the molecule is CCN1CCN(C(=O)c2cc(C(C)Nc3cccc(F)c3)c3nc(N4CCOCC4)cnc3c2)CC1.CCN1CCN(C(=O)c2cc(C(C)Nc3cccc(F)c3)c3nc(N4CCOCC4)cnc3c2)CC1. The summed E-state index contributed by atoms with van der Waals surface area (Å²) in [7, 11) is 0. The second-order valence-electron chi connectivity index (χ2n) is 18.7. The summed E-state index contributed by atoms with van der Waals surface area (Å²) >= 11 is 0. The van der Waals surface area contributed by atoms with Crippen LogP contribution in [-0.2, 0) is 9.47 Å². The number of benzene rings is 4. The fourth-order valence-corrected chi connectivity index (χ4v) is 9.77. The summed E-state index contributed by atoms with van der Waals surface area (Å²) in [5.74, 6) is 0.986. The Kier molecular flexibility index (Phi) is 16.3. The molecule has 4 aromatic carbocycles. The van der Waals surface area contributed by atoms with Gasteiger partial charge in [-0.3, -0.25) is 19.6 Å². The Hall–Kier alpha value is -6.60. The van der Waals surface area contributed by atoms with Crippen molar-refractivity contribution in [2.75, 3.05) is 138 Å². The number of piperazine rings is 2. The van der Waals surface area contributed by atoms with Crippen molar-refractivity contribution in [3.05, 3.63) is 119 Å². The maximum atomic E-state index is 13.8. The number of carbonyl (C=O) groups excluding carboxylic acids is 2. The summed E-state index contributed by atoms with van der Waals surface area (Å²) in [4.78, 5) is 59.2. The molecule has 2 N–H and O–H groups in total. The van der Waals surface area contributed by atoms with Crippen molar-refractivity contribution >= 4 is 56.9 Å². The monoisotopic (exact) mass is 985 g/mol. The molecule has 2 unspecified atom stereocenters. The second kappa shape index (κ2) is 23.3. The van der Waals surface area contributed by atoms with Gasteiger partial charge in [-0.1, -0.05) is 26.0 Å². The summed E-state index contributed by atoms with van der Waals surface area (Å²) in [6.45, 7) is 22.3. The molecule has 72 heavy (non-hydrogen) atoms. The molecule has 10 rings (SSSR count). The number of ether oxygens (including phenoxy) is 2. The van der Waals surface area contributed by atoms with E-state index >= 15 is 0 Å². The number of nitrogens with one attached hydrogen (secondary N) is 2. The number of likely N-dealkylation sites (N-methyl/N-ethyl adjacent to an activating group) is 2. The van der Waals surface area contributed by atoms with E-state index < -0.39 is 0 Å². The molecule has 2 atom stereocenters. The van der Waals surface area contributed by atoms with Gasteiger partial charge in [0.1, 0.15) is 23.3 Å². The van der Waals surface area contributed by atoms with Gasteiger partial charge < -0.3 is 49.5 Å². The van der Waals surface area contributed by atoms with Crippen LogP contribution in [0.2, 0.25) is 0 Å². The molecular formula is C54H66F2N12O4. The van der Waals surface area contributed by atoms with Crippen molar-refractivity contribution in [2.24, 2.45) is 0 Å². The number of hydrogen-bond acceptors (Lipinski definition) is 14. The van der Waals surface area contributed by atoms with Gasteiger partial charge in [-0.05, 0) is 87.6 Å². The minimum absolute atomic E-state index is 0.00548. The molecule has 2 amide bonds. The van der Waals surface area contributed by atoms with E-state index in [0.29, 0.717) is 86.1 Å². The van der Waals surface area contributed by atoms with Crippen molar-refractivity contribution in [1.82, 2.24) is 39.5 Å². The van der Waals surface area contributed by atoms with E-state index in [1.807, 2.05) is 60.0 Å². The van der Waals surface area contributed by atoms with Gasteiger partial charge in [-0.15, -0.1) is 0 Å². The van der Waals surface area contributed by atoms with Gasteiger partial charge in [0.2, 0.25) is 0 Å². The number of amides is 2. The van der Waals surface area contributed by atoms with E-state index in [1.165, 1.54) is 24.3 Å². The van der Waals surface area contributed by atoms with Crippen molar-refractivity contribution in [3.63, 3.8) is 0 Å². The Morgan fingerprint density at radius 1 is 0.556 bits per heavy atom. The lowest BCUT2D eigenvalue weighted by atomic mass is 10.0.